The molecule has 2 saturated heterocycles. The van der Waals surface area contributed by atoms with Crippen molar-refractivity contribution >= 4 is 11.8 Å². The molecule has 3 aliphatic heterocycles. The van der Waals surface area contributed by atoms with Gasteiger partial charge >= 0.3 is 5.97 Å². The zero-order valence-electron chi connectivity index (χ0n) is 21.5. The summed E-state index contributed by atoms with van der Waals surface area (Å²) in [5.74, 6) is -0.345. The Morgan fingerprint density at radius 3 is 2.97 bits per heavy atom. The van der Waals surface area contributed by atoms with E-state index in [2.05, 4.69) is 17.4 Å². The van der Waals surface area contributed by atoms with Gasteiger partial charge in [0.05, 0.1) is 12.2 Å². The molecule has 3 aliphatic rings. The van der Waals surface area contributed by atoms with Gasteiger partial charge in [0.2, 0.25) is 0 Å². The number of carboxylic acid groups (broad SMARTS) is 1. The van der Waals surface area contributed by atoms with Crippen molar-refractivity contribution in [2.45, 2.75) is 76.0 Å². The van der Waals surface area contributed by atoms with Crippen LogP contribution in [0.1, 0.15) is 79.5 Å². The highest BCUT2D eigenvalue weighted by Gasteiger charge is 2.36. The number of likely N-dealkylation sites (tertiary alicyclic amines) is 1. The van der Waals surface area contributed by atoms with E-state index in [1.165, 1.54) is 17.7 Å². The third-order valence-electron chi connectivity index (χ3n) is 7.78. The molecule has 0 amide bonds. The van der Waals surface area contributed by atoms with E-state index in [0.717, 1.165) is 81.4 Å². The van der Waals surface area contributed by atoms with E-state index in [-0.39, 0.29) is 12.2 Å². The fourth-order valence-corrected chi connectivity index (χ4v) is 5.84. The van der Waals surface area contributed by atoms with Crippen molar-refractivity contribution < 1.29 is 23.8 Å². The smallest absolute Gasteiger partial charge is 0.325 e. The van der Waals surface area contributed by atoms with E-state index in [1.54, 1.807) is 6.07 Å². The minimum Gasteiger partial charge on any atom is -0.480 e. The monoisotopic (exact) mass is 511 g/mol. The summed E-state index contributed by atoms with van der Waals surface area (Å²) in [6, 6.07) is 7.90. The second-order valence-electron chi connectivity index (χ2n) is 10.4. The Kier molecular flexibility index (Phi) is 8.69. The minimum atomic E-state index is -0.963. The molecule has 7 nitrogen and oxygen atoms in total. The molecule has 0 bridgehead atoms. The molecular weight excluding hydrogens is 473 g/mol. The van der Waals surface area contributed by atoms with Crippen molar-refractivity contribution in [1.82, 2.24) is 9.88 Å². The number of aryl methyl sites for hydroxylation is 2. The molecule has 1 aromatic carbocycles. The zero-order chi connectivity index (χ0) is 25.6. The molecule has 0 unspecified atom stereocenters. The predicted octanol–water partition coefficient (Wildman–Crippen LogP) is 5.06. The fourth-order valence-electron chi connectivity index (χ4n) is 5.84. The average Bonchev–Trinajstić information content (AvgIpc) is 3.37. The average molecular weight is 512 g/mol. The van der Waals surface area contributed by atoms with Crippen molar-refractivity contribution in [2.24, 2.45) is 0 Å². The Morgan fingerprint density at radius 1 is 1.22 bits per heavy atom. The zero-order valence-corrected chi connectivity index (χ0v) is 21.5. The van der Waals surface area contributed by atoms with E-state index in [1.807, 2.05) is 4.90 Å². The molecule has 4 heterocycles. The summed E-state index contributed by atoms with van der Waals surface area (Å²) in [5, 5.41) is 13.5. The van der Waals surface area contributed by atoms with Crippen molar-refractivity contribution in [1.29, 1.82) is 0 Å². The molecule has 8 heteroatoms. The van der Waals surface area contributed by atoms with Crippen LogP contribution >= 0.6 is 0 Å². The van der Waals surface area contributed by atoms with Gasteiger partial charge in [-0.2, -0.15) is 0 Å². The molecule has 5 rings (SSSR count). The van der Waals surface area contributed by atoms with Crippen LogP contribution in [-0.2, 0) is 27.1 Å². The molecule has 3 atom stereocenters. The number of benzene rings is 1. The molecule has 2 aromatic rings. The van der Waals surface area contributed by atoms with Gasteiger partial charge in [-0.1, -0.05) is 12.1 Å². The number of aromatic nitrogens is 1. The third-order valence-corrected chi connectivity index (χ3v) is 7.78. The maximum absolute atomic E-state index is 14.3. The van der Waals surface area contributed by atoms with E-state index < -0.39 is 17.8 Å². The van der Waals surface area contributed by atoms with E-state index in [4.69, 9.17) is 14.5 Å². The molecule has 37 heavy (non-hydrogen) atoms. The standard InChI is InChI=1S/C29H38FN3O4/c30-21-10-12-24(26-8-2-4-17-37-26)25(18-21)27(29(34)35)33-15-13-23(19-33)36-16-3-1-7-22-11-9-20-6-5-14-31-28(20)32-22/h9-12,18,23,26-27H,1-8,13-17,19H2,(H,31,32)(H,34,35)/t23-,26+,27-/m1/s1. The van der Waals surface area contributed by atoms with E-state index >= 15 is 0 Å². The van der Waals surface area contributed by atoms with Gasteiger partial charge in [-0.3, -0.25) is 9.69 Å². The summed E-state index contributed by atoms with van der Waals surface area (Å²) in [6.45, 7) is 3.41. The Bertz CT molecular complexity index is 1080. The van der Waals surface area contributed by atoms with Crippen LogP contribution in [0.5, 0.6) is 0 Å². The summed E-state index contributed by atoms with van der Waals surface area (Å²) >= 11 is 0. The summed E-state index contributed by atoms with van der Waals surface area (Å²) < 4.78 is 26.3. The van der Waals surface area contributed by atoms with Crippen LogP contribution in [0, 0.1) is 5.82 Å². The number of unbranched alkanes of at least 4 members (excludes halogenated alkanes) is 1. The number of hydrogen-bond donors (Lipinski definition) is 2. The summed E-state index contributed by atoms with van der Waals surface area (Å²) in [7, 11) is 0. The number of carboxylic acids is 1. The Balaban J connectivity index is 1.13. The number of hydrogen-bond acceptors (Lipinski definition) is 6. The molecule has 0 saturated carbocycles. The molecule has 2 fully saturated rings. The predicted molar refractivity (Wildman–Crippen MR) is 139 cm³/mol. The first-order valence-corrected chi connectivity index (χ1v) is 13.8. The topological polar surface area (TPSA) is 83.9 Å². The SMILES string of the molecule is O=C(O)[C@@H](c1cc(F)ccc1[C@@H]1CCCCO1)N1CC[C@@H](OCCCCc2ccc3c(n2)NCCC3)C1. The van der Waals surface area contributed by atoms with Crippen molar-refractivity contribution in [3.05, 3.63) is 58.5 Å². The first-order chi connectivity index (χ1) is 18.1. The van der Waals surface area contributed by atoms with Crippen LogP contribution in [0.4, 0.5) is 10.2 Å². The molecule has 0 aliphatic carbocycles. The second kappa shape index (κ2) is 12.3. The van der Waals surface area contributed by atoms with Crippen LogP contribution in [0.3, 0.4) is 0 Å². The number of nitrogens with zero attached hydrogens (tertiary/aromatic N) is 2. The Morgan fingerprint density at radius 2 is 2.14 bits per heavy atom. The molecule has 200 valence electrons. The number of ether oxygens (including phenoxy) is 2. The number of fused-ring (bicyclic) bond motifs is 1. The summed E-state index contributed by atoms with van der Waals surface area (Å²) in [6.07, 6.45) is 8.53. The molecular formula is C29H38FN3O4. The number of rotatable bonds is 10. The lowest BCUT2D eigenvalue weighted by Gasteiger charge is -2.30. The normalized spacial score (nSPS) is 22.8. The number of nitrogens with one attached hydrogen (secondary N) is 1. The largest absolute Gasteiger partial charge is 0.480 e. The van der Waals surface area contributed by atoms with Gasteiger partial charge in [0.25, 0.3) is 0 Å². The molecule has 0 radical (unpaired) electrons. The van der Waals surface area contributed by atoms with Crippen LogP contribution in [0.2, 0.25) is 0 Å². The highest BCUT2D eigenvalue weighted by atomic mass is 19.1. The number of halogens is 1. The van der Waals surface area contributed by atoms with Gasteiger partial charge in [0.1, 0.15) is 17.7 Å². The van der Waals surface area contributed by atoms with Gasteiger partial charge in [0, 0.05) is 38.5 Å². The number of anilines is 1. The number of aliphatic carboxylic acids is 1. The van der Waals surface area contributed by atoms with Crippen LogP contribution in [0.15, 0.2) is 30.3 Å². The second-order valence-corrected chi connectivity index (χ2v) is 10.4. The van der Waals surface area contributed by atoms with Gasteiger partial charge in [0.15, 0.2) is 0 Å². The molecule has 1 aromatic heterocycles. The van der Waals surface area contributed by atoms with Gasteiger partial charge in [-0.25, -0.2) is 9.37 Å². The van der Waals surface area contributed by atoms with Crippen LogP contribution in [0.25, 0.3) is 0 Å². The van der Waals surface area contributed by atoms with Gasteiger partial charge in [-0.15, -0.1) is 0 Å². The highest BCUT2D eigenvalue weighted by Crippen LogP contribution is 2.36. The van der Waals surface area contributed by atoms with E-state index in [0.29, 0.717) is 31.9 Å². The fraction of sp³-hybridized carbons (Fsp3) is 0.586. The molecule has 0 spiro atoms. The van der Waals surface area contributed by atoms with Crippen molar-refractivity contribution in [3.8, 4) is 0 Å². The maximum Gasteiger partial charge on any atom is 0.325 e. The highest BCUT2D eigenvalue weighted by molar-refractivity contribution is 5.76. The lowest BCUT2D eigenvalue weighted by molar-refractivity contribution is -0.143. The van der Waals surface area contributed by atoms with E-state index in [9.17, 15) is 14.3 Å². The summed E-state index contributed by atoms with van der Waals surface area (Å²) in [5.41, 5.74) is 3.72. The number of pyridine rings is 1. The third kappa shape index (κ3) is 6.48. The minimum absolute atomic E-state index is 0.0177. The van der Waals surface area contributed by atoms with Crippen LogP contribution < -0.4 is 5.32 Å². The van der Waals surface area contributed by atoms with Gasteiger partial charge in [-0.05, 0) is 92.7 Å². The Hall–Kier alpha value is -2.55. The molecule has 2 N–H and O–H groups in total. The lowest BCUT2D eigenvalue weighted by Crippen LogP contribution is -2.34. The van der Waals surface area contributed by atoms with Crippen molar-refractivity contribution in [3.63, 3.8) is 0 Å². The quantitative estimate of drug-likeness (QED) is 0.432. The van der Waals surface area contributed by atoms with Crippen LogP contribution in [-0.4, -0.2) is 59.9 Å². The Labute approximate surface area is 218 Å². The maximum atomic E-state index is 14.3. The first kappa shape index (κ1) is 26.1. The van der Waals surface area contributed by atoms with Crippen molar-refractivity contribution in [2.75, 3.05) is 38.2 Å². The number of carbonyl (C=O) groups is 1. The first-order valence-electron chi connectivity index (χ1n) is 13.8. The lowest BCUT2D eigenvalue weighted by atomic mass is 9.92. The van der Waals surface area contributed by atoms with Gasteiger partial charge < -0.3 is 19.9 Å². The summed E-state index contributed by atoms with van der Waals surface area (Å²) in [4.78, 5) is 19.1.